The van der Waals surface area contributed by atoms with Crippen LogP contribution in [0.1, 0.15) is 101 Å². The lowest BCUT2D eigenvalue weighted by Gasteiger charge is -2.55. The minimum absolute atomic E-state index is 0.0168. The molecule has 0 spiro atoms. The summed E-state index contributed by atoms with van der Waals surface area (Å²) in [7, 11) is 1.73. The Morgan fingerprint density at radius 2 is 1.67 bits per heavy atom. The van der Waals surface area contributed by atoms with Crippen molar-refractivity contribution < 1.29 is 23.9 Å². The lowest BCUT2D eigenvalue weighted by atomic mass is 9.51. The van der Waals surface area contributed by atoms with Gasteiger partial charge in [-0.2, -0.15) is 5.10 Å². The van der Waals surface area contributed by atoms with Gasteiger partial charge in [0.2, 0.25) is 5.91 Å². The van der Waals surface area contributed by atoms with Gasteiger partial charge in [-0.15, -0.1) is 0 Å². The van der Waals surface area contributed by atoms with Gasteiger partial charge in [0, 0.05) is 42.9 Å². The van der Waals surface area contributed by atoms with Crippen LogP contribution in [-0.4, -0.2) is 53.9 Å². The van der Waals surface area contributed by atoms with E-state index in [1.807, 2.05) is 6.20 Å². The predicted octanol–water partition coefficient (Wildman–Crippen LogP) is 7.07. The topological polar surface area (TPSA) is 103 Å². The molecule has 8 rings (SSSR count). The molecule has 2 amide bonds. The Kier molecular flexibility index (Phi) is 9.29. The second-order valence-corrected chi connectivity index (χ2v) is 15.3. The number of nitrogens with zero attached hydrogens (tertiary/aromatic N) is 3. The quantitative estimate of drug-likeness (QED) is 0.220. The number of carbonyl (C=O) groups excluding carboxylic acids is 3. The average molecular weight is 667 g/mol. The van der Waals surface area contributed by atoms with Crippen molar-refractivity contribution in [3.63, 3.8) is 0 Å². The van der Waals surface area contributed by atoms with Gasteiger partial charge >= 0.3 is 5.97 Å². The molecule has 2 bridgehead atoms. The second kappa shape index (κ2) is 13.6. The number of nitrogens with one attached hydrogen (secondary N) is 1. The van der Waals surface area contributed by atoms with Crippen LogP contribution in [0.2, 0.25) is 0 Å². The molecule has 0 radical (unpaired) electrons. The van der Waals surface area contributed by atoms with E-state index in [-0.39, 0.29) is 41.2 Å². The second-order valence-electron chi connectivity index (χ2n) is 15.3. The van der Waals surface area contributed by atoms with E-state index < -0.39 is 5.97 Å². The third-order valence-electron chi connectivity index (χ3n) is 12.0. The van der Waals surface area contributed by atoms with E-state index >= 15 is 0 Å². The van der Waals surface area contributed by atoms with Crippen LogP contribution in [0.25, 0.3) is 11.1 Å². The minimum atomic E-state index is -0.470. The molecule has 2 aromatic carbocycles. The molecule has 0 saturated heterocycles. The number of rotatable bonds is 11. The van der Waals surface area contributed by atoms with Crippen molar-refractivity contribution in [3.05, 3.63) is 66.0 Å². The van der Waals surface area contributed by atoms with E-state index in [1.54, 1.807) is 7.11 Å². The molecule has 0 atom stereocenters. The molecule has 0 aliphatic heterocycles. The summed E-state index contributed by atoms with van der Waals surface area (Å²) in [5.41, 5.74) is 6.04. The third kappa shape index (κ3) is 7.12. The van der Waals surface area contributed by atoms with E-state index in [1.165, 1.54) is 30.9 Å². The smallest absolute Gasteiger partial charge is 0.303 e. The number of anilines is 1. The molecule has 5 saturated carbocycles. The van der Waals surface area contributed by atoms with E-state index in [9.17, 15) is 14.4 Å². The zero-order valence-corrected chi connectivity index (χ0v) is 29.2. The Hall–Kier alpha value is -4.14. The molecule has 260 valence electrons. The lowest BCUT2D eigenvalue weighted by Crippen LogP contribution is -2.52. The standard InChI is InChI=1S/C40H50N4O5/c1-27-21-32(9-14-36(27)48-3)40-18-15-39(16-19-40,17-20-40)26-43(35-6-4-5-30(22-35)31-23-41-44(24-31)34-12-13-34)38(47)29-7-10-33(11-8-29)42-37(46)25-49-28(2)45/h4-6,9,14,21-24,29,33-34H,7-8,10-13,15-20,25-26H2,1-3H3,(H,42,46)/t29-,33-,39?,40?. The largest absolute Gasteiger partial charge is 0.496 e. The van der Waals surface area contributed by atoms with Crippen LogP contribution in [0.5, 0.6) is 5.75 Å². The van der Waals surface area contributed by atoms with Crippen LogP contribution in [0.4, 0.5) is 5.69 Å². The molecule has 9 heteroatoms. The molecule has 5 aliphatic rings. The van der Waals surface area contributed by atoms with Crippen molar-refractivity contribution in [1.29, 1.82) is 0 Å². The van der Waals surface area contributed by atoms with E-state index in [0.717, 1.165) is 80.5 Å². The Bertz CT molecular complexity index is 1680. The Morgan fingerprint density at radius 1 is 0.939 bits per heavy atom. The molecule has 1 heterocycles. The summed E-state index contributed by atoms with van der Waals surface area (Å²) >= 11 is 0. The number of esters is 1. The molecular formula is C40H50N4O5. The number of aryl methyl sites for hydroxylation is 1. The number of ether oxygens (including phenoxy) is 2. The predicted molar refractivity (Wildman–Crippen MR) is 188 cm³/mol. The number of hydrogen-bond donors (Lipinski definition) is 1. The average Bonchev–Trinajstić information content (AvgIpc) is 3.86. The van der Waals surface area contributed by atoms with Crippen molar-refractivity contribution in [2.45, 2.75) is 108 Å². The first-order valence-corrected chi connectivity index (χ1v) is 18.2. The van der Waals surface area contributed by atoms with Crippen LogP contribution < -0.4 is 15.0 Å². The number of hydrogen-bond acceptors (Lipinski definition) is 6. The number of amides is 2. The third-order valence-corrected chi connectivity index (χ3v) is 12.0. The Labute approximate surface area is 289 Å². The fourth-order valence-corrected chi connectivity index (χ4v) is 8.79. The highest BCUT2D eigenvalue weighted by atomic mass is 16.5. The maximum absolute atomic E-state index is 14.6. The molecule has 0 unspecified atom stereocenters. The fraction of sp³-hybridized carbons (Fsp3) is 0.550. The van der Waals surface area contributed by atoms with Crippen molar-refractivity contribution in [2.24, 2.45) is 11.3 Å². The van der Waals surface area contributed by atoms with Crippen molar-refractivity contribution in [1.82, 2.24) is 15.1 Å². The number of carbonyl (C=O) groups is 3. The highest BCUT2D eigenvalue weighted by molar-refractivity contribution is 5.96. The molecule has 1 N–H and O–H groups in total. The Morgan fingerprint density at radius 3 is 2.33 bits per heavy atom. The van der Waals surface area contributed by atoms with Crippen molar-refractivity contribution in [2.75, 3.05) is 25.2 Å². The first-order valence-electron chi connectivity index (χ1n) is 18.2. The maximum Gasteiger partial charge on any atom is 0.303 e. The van der Waals surface area contributed by atoms with Gasteiger partial charge < -0.3 is 19.7 Å². The van der Waals surface area contributed by atoms with Crippen molar-refractivity contribution in [3.8, 4) is 16.9 Å². The summed E-state index contributed by atoms with van der Waals surface area (Å²) in [4.78, 5) is 40.2. The summed E-state index contributed by atoms with van der Waals surface area (Å²) in [5.74, 6) is 0.270. The summed E-state index contributed by atoms with van der Waals surface area (Å²) in [6, 6.07) is 15.7. The zero-order valence-electron chi connectivity index (χ0n) is 29.2. The monoisotopic (exact) mass is 666 g/mol. The van der Waals surface area contributed by atoms with Crippen LogP contribution >= 0.6 is 0 Å². The first kappa shape index (κ1) is 33.4. The van der Waals surface area contributed by atoms with Gasteiger partial charge in [0.25, 0.3) is 5.91 Å². The lowest BCUT2D eigenvalue weighted by molar-refractivity contribution is -0.146. The summed E-state index contributed by atoms with van der Waals surface area (Å²) in [6.07, 6.45) is 16.1. The number of benzene rings is 2. The minimum Gasteiger partial charge on any atom is -0.496 e. The van der Waals surface area contributed by atoms with Gasteiger partial charge in [-0.25, -0.2) is 0 Å². The molecule has 9 nitrogen and oxygen atoms in total. The van der Waals surface area contributed by atoms with E-state index in [4.69, 9.17) is 9.47 Å². The van der Waals surface area contributed by atoms with Gasteiger partial charge in [0.15, 0.2) is 6.61 Å². The molecule has 5 aliphatic carbocycles. The highest BCUT2D eigenvalue weighted by Crippen LogP contribution is 2.58. The van der Waals surface area contributed by atoms with Crippen molar-refractivity contribution >= 4 is 23.5 Å². The molecule has 3 aromatic rings. The van der Waals surface area contributed by atoms with E-state index in [2.05, 4.69) is 75.6 Å². The molecular weight excluding hydrogens is 616 g/mol. The summed E-state index contributed by atoms with van der Waals surface area (Å²) in [5, 5.41) is 7.62. The summed E-state index contributed by atoms with van der Waals surface area (Å²) in [6.45, 7) is 3.89. The van der Waals surface area contributed by atoms with Gasteiger partial charge in [-0.3, -0.25) is 19.1 Å². The van der Waals surface area contributed by atoms with Crippen LogP contribution in [0.3, 0.4) is 0 Å². The van der Waals surface area contributed by atoms with Crippen LogP contribution in [0.15, 0.2) is 54.9 Å². The fourth-order valence-electron chi connectivity index (χ4n) is 8.79. The SMILES string of the molecule is COc1ccc(C23CCC(CN(c4cccc(-c5cnn(C6CC6)c5)c4)C(=O)[C@H]4CC[C@H](NC(=O)COC(C)=O)CC4)(CC2)CC3)cc1C. The van der Waals surface area contributed by atoms with E-state index in [0.29, 0.717) is 18.9 Å². The van der Waals surface area contributed by atoms with Crippen LogP contribution in [0, 0.1) is 18.3 Å². The first-order chi connectivity index (χ1) is 23.7. The molecule has 49 heavy (non-hydrogen) atoms. The highest BCUT2D eigenvalue weighted by Gasteiger charge is 2.50. The Balaban J connectivity index is 1.09. The van der Waals surface area contributed by atoms with Gasteiger partial charge in [-0.1, -0.05) is 24.3 Å². The van der Waals surface area contributed by atoms with Crippen LogP contribution in [-0.2, 0) is 24.5 Å². The number of methoxy groups -OCH3 is 1. The van der Waals surface area contributed by atoms with Gasteiger partial charge in [-0.05, 0) is 130 Å². The maximum atomic E-state index is 14.6. The number of aromatic nitrogens is 2. The number of fused-ring (bicyclic) bond motifs is 3. The van der Waals surface area contributed by atoms with Gasteiger partial charge in [0.05, 0.1) is 19.3 Å². The summed E-state index contributed by atoms with van der Waals surface area (Å²) < 4.78 is 12.5. The molecule has 1 aromatic heterocycles. The molecule has 5 fully saturated rings. The van der Waals surface area contributed by atoms with Gasteiger partial charge in [0.1, 0.15) is 5.75 Å². The normalized spacial score (nSPS) is 26.2. The zero-order chi connectivity index (χ0) is 34.2.